The number of thioether (sulfide) groups is 1. The van der Waals surface area contributed by atoms with Crippen LogP contribution in [0.5, 0.6) is 0 Å². The Labute approximate surface area is 259 Å². The predicted octanol–water partition coefficient (Wildman–Crippen LogP) is 1.24. The molecule has 0 saturated carbocycles. The summed E-state index contributed by atoms with van der Waals surface area (Å²) < 4.78 is 0. The second-order valence-electron chi connectivity index (χ2n) is 9.00. The number of benzene rings is 2. The first-order valence-electron chi connectivity index (χ1n) is 12.9. The van der Waals surface area contributed by atoms with Gasteiger partial charge in [-0.2, -0.15) is 24.4 Å². The van der Waals surface area contributed by atoms with Gasteiger partial charge in [0.25, 0.3) is 0 Å². The average molecular weight is 640 g/mol. The summed E-state index contributed by atoms with van der Waals surface area (Å²) in [5.41, 5.74) is 23.9. The van der Waals surface area contributed by atoms with Crippen molar-refractivity contribution in [1.82, 2.24) is 4.98 Å². The summed E-state index contributed by atoms with van der Waals surface area (Å²) in [6, 6.07) is 14.0. The summed E-state index contributed by atoms with van der Waals surface area (Å²) in [5.74, 6) is -2.85. The van der Waals surface area contributed by atoms with Gasteiger partial charge in [-0.1, -0.05) is 48.5 Å². The molecule has 0 aliphatic heterocycles. The van der Waals surface area contributed by atoms with Crippen molar-refractivity contribution in [3.8, 4) is 0 Å². The number of carboxylic acid groups (broad SMARTS) is 4. The zero-order valence-electron chi connectivity index (χ0n) is 23.7. The van der Waals surface area contributed by atoms with E-state index in [2.05, 4.69) is 17.6 Å². The number of carbonyl (C=O) groups is 4. The molecule has 2 aromatic carbocycles. The number of thiol groups is 1. The largest absolute Gasteiger partial charge is 0.480 e. The van der Waals surface area contributed by atoms with Crippen LogP contribution in [0.3, 0.4) is 0 Å². The second-order valence-corrected chi connectivity index (χ2v) is 10.3. The fourth-order valence-corrected chi connectivity index (χ4v) is 3.67. The highest BCUT2D eigenvalue weighted by Crippen LogP contribution is 2.18. The summed E-state index contributed by atoms with van der Waals surface area (Å²) in [5, 5.41) is 34.6. The van der Waals surface area contributed by atoms with Crippen LogP contribution in [0, 0.1) is 0 Å². The molecule has 238 valence electrons. The van der Waals surface area contributed by atoms with Gasteiger partial charge in [-0.3, -0.25) is 19.2 Å². The molecule has 0 aliphatic rings. The predicted molar refractivity (Wildman–Crippen MR) is 171 cm³/mol. The van der Waals surface area contributed by atoms with Crippen LogP contribution in [0.1, 0.15) is 17.5 Å². The third-order valence-electron chi connectivity index (χ3n) is 5.51. The number of aromatic amines is 1. The molecule has 1 aromatic heterocycles. The molecular weight excluding hydrogens is 598 g/mol. The van der Waals surface area contributed by atoms with E-state index in [1.54, 1.807) is 11.8 Å². The fourth-order valence-electron chi connectivity index (χ4n) is 3.03. The number of para-hydroxylation sites is 1. The summed E-state index contributed by atoms with van der Waals surface area (Å²) >= 11 is 5.25. The monoisotopic (exact) mass is 639 g/mol. The highest BCUT2D eigenvalue weighted by atomic mass is 32.2. The maximum absolute atomic E-state index is 10.6. The minimum Gasteiger partial charge on any atom is -0.480 e. The lowest BCUT2D eigenvalue weighted by Crippen LogP contribution is -2.32. The van der Waals surface area contributed by atoms with Gasteiger partial charge < -0.3 is 48.3 Å². The summed E-state index contributed by atoms with van der Waals surface area (Å²) in [6.45, 7) is 0. The summed E-state index contributed by atoms with van der Waals surface area (Å²) in [4.78, 5) is 43.9. The molecule has 0 fully saturated rings. The lowest BCUT2D eigenvalue weighted by molar-refractivity contribution is -0.139. The topological polar surface area (TPSA) is 269 Å². The molecule has 4 atom stereocenters. The SMILES string of the molecule is CSCC[C@H](N)C(=O)O.N[C@@H](CS)C(=O)O.N[C@@H](Cc1c[nH]c2ccccc12)C(=O)O.N[C@@H](Cc1ccccc1)C(=O)O. The van der Waals surface area contributed by atoms with E-state index in [4.69, 9.17) is 43.4 Å². The first-order chi connectivity index (χ1) is 20.2. The molecule has 0 amide bonds. The number of hydrogen-bond donors (Lipinski definition) is 10. The number of aliphatic carboxylic acids is 4. The molecular formula is C28H41N5O8S2. The van der Waals surface area contributed by atoms with Gasteiger partial charge in [-0.25, -0.2) is 0 Å². The molecule has 1 heterocycles. The molecule has 0 spiro atoms. The standard InChI is InChI=1S/C11H12N2O2.C9H11NO2.C5H11NO2S.C3H7NO2S/c12-9(11(14)15)5-7-6-13-10-4-2-1-3-8(7)10;10-8(9(11)12)6-7-4-2-1-3-5-7;1-9-3-2-4(6)5(7)8;4-2(1-7)3(5)6/h1-4,6,9,13H,5,12H2,(H,14,15);1-5,8H,6,10H2,(H,11,12);4H,2-3,6H2,1H3,(H,7,8);2,7H,1,4H2,(H,5,6)/t9-;8-;4-;2-/m0000/s1. The highest BCUT2D eigenvalue weighted by Gasteiger charge is 2.14. The van der Waals surface area contributed by atoms with E-state index in [0.717, 1.165) is 27.8 Å². The van der Waals surface area contributed by atoms with E-state index in [9.17, 15) is 19.2 Å². The Hall–Kier alpha value is -3.60. The molecule has 13 N–H and O–H groups in total. The van der Waals surface area contributed by atoms with E-state index in [0.29, 0.717) is 19.3 Å². The van der Waals surface area contributed by atoms with Gasteiger partial charge in [-0.05, 0) is 42.0 Å². The Kier molecular flexibility index (Phi) is 20.2. The van der Waals surface area contributed by atoms with Crippen LogP contribution in [0.15, 0.2) is 60.8 Å². The van der Waals surface area contributed by atoms with Crippen molar-refractivity contribution >= 4 is 59.2 Å². The Bertz CT molecular complexity index is 1260. The van der Waals surface area contributed by atoms with Gasteiger partial charge in [0.05, 0.1) is 0 Å². The van der Waals surface area contributed by atoms with E-state index in [-0.39, 0.29) is 5.75 Å². The van der Waals surface area contributed by atoms with Crippen molar-refractivity contribution in [2.24, 2.45) is 22.9 Å². The molecule has 43 heavy (non-hydrogen) atoms. The van der Waals surface area contributed by atoms with E-state index in [1.807, 2.05) is 67.0 Å². The lowest BCUT2D eigenvalue weighted by Gasteiger charge is -2.04. The maximum atomic E-state index is 10.6. The van der Waals surface area contributed by atoms with Crippen molar-refractivity contribution in [2.75, 3.05) is 17.8 Å². The van der Waals surface area contributed by atoms with Crippen molar-refractivity contribution in [3.63, 3.8) is 0 Å². The van der Waals surface area contributed by atoms with E-state index >= 15 is 0 Å². The zero-order valence-corrected chi connectivity index (χ0v) is 25.4. The van der Waals surface area contributed by atoms with Crippen LogP contribution in [0.25, 0.3) is 10.9 Å². The number of H-pyrrole nitrogens is 1. The highest BCUT2D eigenvalue weighted by molar-refractivity contribution is 7.98. The minimum atomic E-state index is -1.00. The van der Waals surface area contributed by atoms with Crippen molar-refractivity contribution < 1.29 is 39.6 Å². The van der Waals surface area contributed by atoms with Crippen LogP contribution in [-0.2, 0) is 32.0 Å². The molecule has 0 unspecified atom stereocenters. The zero-order chi connectivity index (χ0) is 32.9. The molecule has 15 heteroatoms. The van der Waals surface area contributed by atoms with Crippen molar-refractivity contribution in [2.45, 2.75) is 43.4 Å². The fraction of sp³-hybridized carbons (Fsp3) is 0.357. The van der Waals surface area contributed by atoms with E-state index in [1.165, 1.54) is 0 Å². The first kappa shape index (κ1) is 39.4. The number of aromatic nitrogens is 1. The van der Waals surface area contributed by atoms with Gasteiger partial charge in [-0.15, -0.1) is 0 Å². The Morgan fingerprint density at radius 2 is 1.23 bits per heavy atom. The quantitative estimate of drug-likeness (QED) is 0.125. The first-order valence-corrected chi connectivity index (χ1v) is 14.9. The number of hydrogen-bond acceptors (Lipinski definition) is 10. The third kappa shape index (κ3) is 17.2. The number of nitrogens with one attached hydrogen (secondary N) is 1. The Morgan fingerprint density at radius 3 is 1.70 bits per heavy atom. The Morgan fingerprint density at radius 1 is 0.744 bits per heavy atom. The number of nitrogens with two attached hydrogens (primary N) is 4. The normalized spacial score (nSPS) is 12.9. The van der Waals surface area contributed by atoms with E-state index < -0.39 is 48.0 Å². The van der Waals surface area contributed by atoms with Gasteiger partial charge in [0, 0.05) is 29.3 Å². The van der Waals surface area contributed by atoms with Crippen LogP contribution in [0.4, 0.5) is 0 Å². The van der Waals surface area contributed by atoms with Crippen LogP contribution >= 0.6 is 24.4 Å². The van der Waals surface area contributed by atoms with Crippen LogP contribution in [-0.4, -0.2) is 91.2 Å². The molecule has 0 bridgehead atoms. The smallest absolute Gasteiger partial charge is 0.321 e. The molecule has 3 rings (SSSR count). The second kappa shape index (κ2) is 22.0. The third-order valence-corrected chi connectivity index (χ3v) is 6.55. The minimum absolute atomic E-state index is 0.190. The van der Waals surface area contributed by atoms with Gasteiger partial charge in [0.2, 0.25) is 0 Å². The van der Waals surface area contributed by atoms with Crippen molar-refractivity contribution in [3.05, 3.63) is 71.9 Å². The molecule has 3 aromatic rings. The number of fused-ring (bicyclic) bond motifs is 1. The Balaban J connectivity index is 0.000000571. The lowest BCUT2D eigenvalue weighted by atomic mass is 10.1. The average Bonchev–Trinajstić information content (AvgIpc) is 3.39. The number of rotatable bonds is 12. The van der Waals surface area contributed by atoms with Crippen LogP contribution < -0.4 is 22.9 Å². The maximum Gasteiger partial charge on any atom is 0.321 e. The molecule has 0 saturated heterocycles. The van der Waals surface area contributed by atoms with Gasteiger partial charge >= 0.3 is 23.9 Å². The van der Waals surface area contributed by atoms with Gasteiger partial charge in [0.1, 0.15) is 24.2 Å². The molecule has 0 aliphatic carbocycles. The van der Waals surface area contributed by atoms with Gasteiger partial charge in [0.15, 0.2) is 0 Å². The van der Waals surface area contributed by atoms with Crippen molar-refractivity contribution in [1.29, 1.82) is 0 Å². The molecule has 0 radical (unpaired) electrons. The number of carboxylic acids is 4. The molecule has 13 nitrogen and oxygen atoms in total. The summed E-state index contributed by atoms with van der Waals surface area (Å²) in [7, 11) is 0. The van der Waals surface area contributed by atoms with Crippen LogP contribution in [0.2, 0.25) is 0 Å². The summed E-state index contributed by atoms with van der Waals surface area (Å²) in [6.07, 6.45) is 5.02.